The standard InChI is InChI=1S/C19H31N3O2S/c1-5-16-14-22(11-12-25-16)19(20-6-2)21-10-9-15-7-8-17(23-3)18(13-15)24-4/h7-8,13,16H,5-6,9-12,14H2,1-4H3,(H,20,21). The molecule has 6 heteroatoms. The molecular weight excluding hydrogens is 334 g/mol. The molecule has 25 heavy (non-hydrogen) atoms. The van der Waals surface area contributed by atoms with Crippen LogP contribution in [-0.2, 0) is 6.42 Å². The van der Waals surface area contributed by atoms with Crippen LogP contribution in [0, 0.1) is 0 Å². The predicted molar refractivity (Wildman–Crippen MR) is 107 cm³/mol. The van der Waals surface area contributed by atoms with Crippen molar-refractivity contribution in [1.29, 1.82) is 0 Å². The van der Waals surface area contributed by atoms with Crippen LogP contribution in [0.2, 0.25) is 0 Å². The number of nitrogens with one attached hydrogen (secondary N) is 1. The van der Waals surface area contributed by atoms with Crippen molar-refractivity contribution in [3.05, 3.63) is 23.8 Å². The van der Waals surface area contributed by atoms with Crippen molar-refractivity contribution < 1.29 is 9.47 Å². The van der Waals surface area contributed by atoms with E-state index in [2.05, 4.69) is 41.9 Å². The van der Waals surface area contributed by atoms with Gasteiger partial charge in [0.15, 0.2) is 17.5 Å². The lowest BCUT2D eigenvalue weighted by atomic mass is 10.1. The summed E-state index contributed by atoms with van der Waals surface area (Å²) in [4.78, 5) is 7.25. The van der Waals surface area contributed by atoms with E-state index in [9.17, 15) is 0 Å². The van der Waals surface area contributed by atoms with Crippen LogP contribution in [0.4, 0.5) is 0 Å². The molecule has 0 aliphatic carbocycles. The van der Waals surface area contributed by atoms with E-state index in [1.165, 1.54) is 17.7 Å². The lowest BCUT2D eigenvalue weighted by Crippen LogP contribution is -2.48. The molecule has 1 aliphatic heterocycles. The highest BCUT2D eigenvalue weighted by Gasteiger charge is 2.21. The third kappa shape index (κ3) is 5.73. The van der Waals surface area contributed by atoms with Gasteiger partial charge in [-0.3, -0.25) is 4.99 Å². The molecule has 1 N–H and O–H groups in total. The van der Waals surface area contributed by atoms with E-state index in [1.54, 1.807) is 14.2 Å². The number of hydrogen-bond acceptors (Lipinski definition) is 4. The molecule has 1 saturated heterocycles. The molecule has 0 spiro atoms. The first kappa shape index (κ1) is 19.8. The van der Waals surface area contributed by atoms with E-state index in [1.807, 2.05) is 12.1 Å². The number of benzene rings is 1. The molecule has 0 aromatic heterocycles. The Labute approximate surface area is 156 Å². The molecule has 140 valence electrons. The molecule has 2 rings (SSSR count). The monoisotopic (exact) mass is 365 g/mol. The smallest absolute Gasteiger partial charge is 0.193 e. The Balaban J connectivity index is 1.99. The van der Waals surface area contributed by atoms with Crippen molar-refractivity contribution in [2.75, 3.05) is 46.2 Å². The SMILES string of the molecule is CCNC(=NCCc1ccc(OC)c(OC)c1)N1CCSC(CC)C1. The Hall–Kier alpha value is -1.56. The Morgan fingerprint density at radius 3 is 2.76 bits per heavy atom. The minimum absolute atomic E-state index is 0.712. The van der Waals surface area contributed by atoms with Crippen molar-refractivity contribution >= 4 is 17.7 Å². The van der Waals surface area contributed by atoms with Gasteiger partial charge >= 0.3 is 0 Å². The summed E-state index contributed by atoms with van der Waals surface area (Å²) in [7, 11) is 3.33. The minimum atomic E-state index is 0.712. The molecule has 1 unspecified atom stereocenters. The van der Waals surface area contributed by atoms with Crippen molar-refractivity contribution in [2.24, 2.45) is 4.99 Å². The average Bonchev–Trinajstić information content (AvgIpc) is 2.67. The normalized spacial score (nSPS) is 18.2. The minimum Gasteiger partial charge on any atom is -0.493 e. The highest BCUT2D eigenvalue weighted by Crippen LogP contribution is 2.27. The zero-order valence-electron chi connectivity index (χ0n) is 15.9. The number of thioether (sulfide) groups is 1. The van der Waals surface area contributed by atoms with Crippen LogP contribution in [-0.4, -0.2) is 62.3 Å². The lowest BCUT2D eigenvalue weighted by molar-refractivity contribution is 0.354. The number of hydrogen-bond donors (Lipinski definition) is 1. The van der Waals surface area contributed by atoms with Gasteiger partial charge in [0.2, 0.25) is 0 Å². The second-order valence-corrected chi connectivity index (χ2v) is 7.43. The molecular formula is C19H31N3O2S. The van der Waals surface area contributed by atoms with Crippen LogP contribution in [0.5, 0.6) is 11.5 Å². The van der Waals surface area contributed by atoms with Gasteiger partial charge in [-0.25, -0.2) is 0 Å². The first-order valence-corrected chi connectivity index (χ1v) is 10.1. The number of rotatable bonds is 7. The van der Waals surface area contributed by atoms with Crippen LogP contribution in [0.15, 0.2) is 23.2 Å². The lowest BCUT2D eigenvalue weighted by Gasteiger charge is -2.34. The maximum atomic E-state index is 5.38. The summed E-state index contributed by atoms with van der Waals surface area (Å²) < 4.78 is 10.7. The van der Waals surface area contributed by atoms with Crippen LogP contribution < -0.4 is 14.8 Å². The molecule has 1 heterocycles. The summed E-state index contributed by atoms with van der Waals surface area (Å²) in [6.45, 7) is 8.21. The van der Waals surface area contributed by atoms with E-state index >= 15 is 0 Å². The van der Waals surface area contributed by atoms with Crippen molar-refractivity contribution in [3.63, 3.8) is 0 Å². The number of ether oxygens (including phenoxy) is 2. The number of methoxy groups -OCH3 is 2. The highest BCUT2D eigenvalue weighted by atomic mass is 32.2. The Kier molecular flexibility index (Phi) is 8.25. The Morgan fingerprint density at radius 2 is 2.08 bits per heavy atom. The fourth-order valence-corrected chi connectivity index (χ4v) is 4.09. The molecule has 1 atom stereocenters. The molecule has 0 amide bonds. The van der Waals surface area contributed by atoms with Crippen molar-refractivity contribution in [3.8, 4) is 11.5 Å². The summed E-state index contributed by atoms with van der Waals surface area (Å²) in [5.41, 5.74) is 1.21. The summed E-state index contributed by atoms with van der Waals surface area (Å²) in [6, 6.07) is 6.07. The van der Waals surface area contributed by atoms with Crippen molar-refractivity contribution in [2.45, 2.75) is 31.9 Å². The number of aliphatic imine (C=N–C) groups is 1. The van der Waals surface area contributed by atoms with Crippen LogP contribution in [0.3, 0.4) is 0 Å². The summed E-state index contributed by atoms with van der Waals surface area (Å²) >= 11 is 2.08. The fourth-order valence-electron chi connectivity index (χ4n) is 2.91. The number of nitrogens with zero attached hydrogens (tertiary/aromatic N) is 2. The van der Waals surface area contributed by atoms with Gasteiger partial charge in [-0.05, 0) is 37.5 Å². The zero-order valence-corrected chi connectivity index (χ0v) is 16.7. The second kappa shape index (κ2) is 10.4. The molecule has 1 aromatic carbocycles. The van der Waals surface area contributed by atoms with Gasteiger partial charge in [0.25, 0.3) is 0 Å². The molecule has 1 fully saturated rings. The summed E-state index contributed by atoms with van der Waals surface area (Å²) in [5.74, 6) is 3.76. The van der Waals surface area contributed by atoms with E-state index in [4.69, 9.17) is 14.5 Å². The third-order valence-electron chi connectivity index (χ3n) is 4.34. The van der Waals surface area contributed by atoms with Gasteiger partial charge in [0, 0.05) is 37.2 Å². The van der Waals surface area contributed by atoms with Gasteiger partial charge in [0.05, 0.1) is 14.2 Å². The average molecular weight is 366 g/mol. The van der Waals surface area contributed by atoms with Crippen molar-refractivity contribution in [1.82, 2.24) is 10.2 Å². The first-order chi connectivity index (χ1) is 12.2. The van der Waals surface area contributed by atoms with E-state index in [0.717, 1.165) is 50.1 Å². The second-order valence-electron chi connectivity index (χ2n) is 6.02. The molecule has 1 aromatic rings. The maximum Gasteiger partial charge on any atom is 0.193 e. The summed E-state index contributed by atoms with van der Waals surface area (Å²) in [5, 5.41) is 4.16. The van der Waals surface area contributed by atoms with E-state index < -0.39 is 0 Å². The van der Waals surface area contributed by atoms with Gasteiger partial charge < -0.3 is 19.7 Å². The summed E-state index contributed by atoms with van der Waals surface area (Å²) in [6.07, 6.45) is 2.10. The highest BCUT2D eigenvalue weighted by molar-refractivity contribution is 8.00. The van der Waals surface area contributed by atoms with Gasteiger partial charge in [-0.2, -0.15) is 11.8 Å². The van der Waals surface area contributed by atoms with Gasteiger partial charge in [-0.15, -0.1) is 0 Å². The van der Waals surface area contributed by atoms with E-state index in [-0.39, 0.29) is 0 Å². The van der Waals surface area contributed by atoms with Crippen LogP contribution in [0.1, 0.15) is 25.8 Å². The maximum absolute atomic E-state index is 5.38. The molecule has 0 radical (unpaired) electrons. The first-order valence-electron chi connectivity index (χ1n) is 9.07. The molecule has 0 saturated carbocycles. The van der Waals surface area contributed by atoms with Gasteiger partial charge in [0.1, 0.15) is 0 Å². The fraction of sp³-hybridized carbons (Fsp3) is 0.632. The largest absolute Gasteiger partial charge is 0.493 e. The predicted octanol–water partition coefficient (Wildman–Crippen LogP) is 3.04. The Bertz CT molecular complexity index is 566. The van der Waals surface area contributed by atoms with Crippen LogP contribution in [0.25, 0.3) is 0 Å². The zero-order chi connectivity index (χ0) is 18.1. The topological polar surface area (TPSA) is 46.1 Å². The Morgan fingerprint density at radius 1 is 1.28 bits per heavy atom. The molecule has 0 bridgehead atoms. The van der Waals surface area contributed by atoms with Crippen LogP contribution >= 0.6 is 11.8 Å². The van der Waals surface area contributed by atoms with Gasteiger partial charge in [-0.1, -0.05) is 13.0 Å². The molecule has 5 nitrogen and oxygen atoms in total. The van der Waals surface area contributed by atoms with E-state index in [0.29, 0.717) is 5.25 Å². The molecule has 1 aliphatic rings. The number of guanidine groups is 1. The quantitative estimate of drug-likeness (QED) is 0.594. The third-order valence-corrected chi connectivity index (χ3v) is 5.71.